The Kier molecular flexibility index (Phi) is 4.42. The Bertz CT molecular complexity index is 991. The molecule has 1 aliphatic rings. The van der Waals surface area contributed by atoms with E-state index in [-0.39, 0.29) is 6.79 Å². The van der Waals surface area contributed by atoms with Gasteiger partial charge in [-0.05, 0) is 43.7 Å². The summed E-state index contributed by atoms with van der Waals surface area (Å²) in [4.78, 5) is 9.02. The highest BCUT2D eigenvalue weighted by Gasteiger charge is 2.14. The fraction of sp³-hybridized carbons (Fsp3) is 0.200. The highest BCUT2D eigenvalue weighted by Crippen LogP contribution is 2.35. The molecular formula is C20H20N4O3. The fourth-order valence-electron chi connectivity index (χ4n) is 2.85. The van der Waals surface area contributed by atoms with Crippen molar-refractivity contribution < 1.29 is 14.2 Å². The molecule has 4 rings (SSSR count). The molecule has 2 N–H and O–H groups in total. The topological polar surface area (TPSA) is 77.5 Å². The molecule has 0 bridgehead atoms. The van der Waals surface area contributed by atoms with Crippen LogP contribution in [0.4, 0.5) is 23.1 Å². The molecule has 27 heavy (non-hydrogen) atoms. The SMILES string of the molecule is COc1ccc(C)cc1Nc1cc(C)nc(Nc2ccc3c(c2)OCO3)n1. The normalized spacial score (nSPS) is 12.0. The van der Waals surface area contributed by atoms with Crippen molar-refractivity contribution in [1.29, 1.82) is 0 Å². The average molecular weight is 364 g/mol. The van der Waals surface area contributed by atoms with Crippen LogP contribution in [0.5, 0.6) is 17.2 Å². The maximum Gasteiger partial charge on any atom is 0.231 e. The number of hydrogen-bond acceptors (Lipinski definition) is 7. The molecular weight excluding hydrogens is 344 g/mol. The molecule has 2 heterocycles. The number of fused-ring (bicyclic) bond motifs is 1. The van der Waals surface area contributed by atoms with E-state index in [0.717, 1.165) is 34.1 Å². The summed E-state index contributed by atoms with van der Waals surface area (Å²) < 4.78 is 16.2. The number of rotatable bonds is 5. The third kappa shape index (κ3) is 3.72. The van der Waals surface area contributed by atoms with E-state index in [2.05, 4.69) is 20.6 Å². The van der Waals surface area contributed by atoms with Gasteiger partial charge in [0.15, 0.2) is 11.5 Å². The van der Waals surface area contributed by atoms with E-state index >= 15 is 0 Å². The van der Waals surface area contributed by atoms with Crippen molar-refractivity contribution in [3.63, 3.8) is 0 Å². The summed E-state index contributed by atoms with van der Waals surface area (Å²) in [7, 11) is 1.65. The van der Waals surface area contributed by atoms with Crippen LogP contribution >= 0.6 is 0 Å². The summed E-state index contributed by atoms with van der Waals surface area (Å²) in [6, 6.07) is 13.4. The van der Waals surface area contributed by atoms with Crippen molar-refractivity contribution in [2.45, 2.75) is 13.8 Å². The first-order valence-electron chi connectivity index (χ1n) is 8.55. The molecule has 138 valence electrons. The quantitative estimate of drug-likeness (QED) is 0.698. The Hall–Kier alpha value is -3.48. The van der Waals surface area contributed by atoms with Gasteiger partial charge in [0, 0.05) is 23.5 Å². The number of anilines is 4. The van der Waals surface area contributed by atoms with Crippen LogP contribution in [-0.4, -0.2) is 23.9 Å². The number of nitrogens with one attached hydrogen (secondary N) is 2. The largest absolute Gasteiger partial charge is 0.495 e. The zero-order valence-electron chi connectivity index (χ0n) is 15.4. The van der Waals surface area contributed by atoms with Crippen molar-refractivity contribution in [1.82, 2.24) is 9.97 Å². The summed E-state index contributed by atoms with van der Waals surface area (Å²) >= 11 is 0. The predicted molar refractivity (Wildman–Crippen MR) is 104 cm³/mol. The van der Waals surface area contributed by atoms with E-state index in [0.29, 0.717) is 17.5 Å². The van der Waals surface area contributed by atoms with Gasteiger partial charge in [0.2, 0.25) is 12.7 Å². The Morgan fingerprint density at radius 1 is 0.926 bits per heavy atom. The van der Waals surface area contributed by atoms with E-state index < -0.39 is 0 Å². The molecule has 0 fully saturated rings. The van der Waals surface area contributed by atoms with Crippen molar-refractivity contribution in [2.75, 3.05) is 24.5 Å². The van der Waals surface area contributed by atoms with Crippen LogP contribution in [0.2, 0.25) is 0 Å². The zero-order chi connectivity index (χ0) is 18.8. The first-order valence-corrected chi connectivity index (χ1v) is 8.55. The third-order valence-corrected chi connectivity index (χ3v) is 4.10. The van der Waals surface area contributed by atoms with E-state index in [9.17, 15) is 0 Å². The predicted octanol–water partition coefficient (Wildman–Crippen LogP) is 4.32. The molecule has 0 amide bonds. The molecule has 0 spiro atoms. The smallest absolute Gasteiger partial charge is 0.231 e. The van der Waals surface area contributed by atoms with Gasteiger partial charge >= 0.3 is 0 Å². The molecule has 1 aliphatic heterocycles. The van der Waals surface area contributed by atoms with Gasteiger partial charge in [0.05, 0.1) is 12.8 Å². The molecule has 0 saturated carbocycles. The lowest BCUT2D eigenvalue weighted by molar-refractivity contribution is 0.174. The first-order chi connectivity index (χ1) is 13.1. The van der Waals surface area contributed by atoms with Crippen molar-refractivity contribution in [2.24, 2.45) is 0 Å². The van der Waals surface area contributed by atoms with Gasteiger partial charge in [0.25, 0.3) is 0 Å². The van der Waals surface area contributed by atoms with Crippen molar-refractivity contribution >= 4 is 23.1 Å². The Morgan fingerprint density at radius 3 is 2.63 bits per heavy atom. The number of methoxy groups -OCH3 is 1. The van der Waals surface area contributed by atoms with Crippen LogP contribution in [0.3, 0.4) is 0 Å². The number of aromatic nitrogens is 2. The molecule has 2 aromatic carbocycles. The summed E-state index contributed by atoms with van der Waals surface area (Å²) in [5, 5.41) is 6.52. The van der Waals surface area contributed by atoms with Gasteiger partial charge in [-0.1, -0.05) is 6.07 Å². The summed E-state index contributed by atoms with van der Waals surface area (Å²) in [5.41, 5.74) is 3.64. The minimum atomic E-state index is 0.242. The number of aryl methyl sites for hydroxylation is 2. The molecule has 0 saturated heterocycles. The first kappa shape index (κ1) is 17.0. The van der Waals surface area contributed by atoms with Crippen molar-refractivity contribution in [3.05, 3.63) is 53.7 Å². The van der Waals surface area contributed by atoms with Crippen LogP contribution in [0.1, 0.15) is 11.3 Å². The second-order valence-corrected chi connectivity index (χ2v) is 6.24. The van der Waals surface area contributed by atoms with Gasteiger partial charge in [-0.25, -0.2) is 4.98 Å². The summed E-state index contributed by atoms with van der Waals surface area (Å²) in [5.74, 6) is 3.36. The monoisotopic (exact) mass is 364 g/mol. The molecule has 0 atom stereocenters. The van der Waals surface area contributed by atoms with E-state index in [1.165, 1.54) is 0 Å². The molecule has 0 radical (unpaired) electrons. The van der Waals surface area contributed by atoms with Gasteiger partial charge in [-0.2, -0.15) is 4.98 Å². The van der Waals surface area contributed by atoms with E-state index in [1.54, 1.807) is 7.11 Å². The highest BCUT2D eigenvalue weighted by atomic mass is 16.7. The molecule has 0 unspecified atom stereocenters. The van der Waals surface area contributed by atoms with Crippen LogP contribution in [-0.2, 0) is 0 Å². The van der Waals surface area contributed by atoms with E-state index in [1.807, 2.05) is 56.3 Å². The van der Waals surface area contributed by atoms with Gasteiger partial charge < -0.3 is 24.8 Å². The zero-order valence-corrected chi connectivity index (χ0v) is 15.4. The Labute approximate surface area is 157 Å². The number of nitrogens with zero attached hydrogens (tertiary/aromatic N) is 2. The molecule has 7 nitrogen and oxygen atoms in total. The number of benzene rings is 2. The van der Waals surface area contributed by atoms with Gasteiger partial charge in [0.1, 0.15) is 11.6 Å². The van der Waals surface area contributed by atoms with Gasteiger partial charge in [-0.15, -0.1) is 0 Å². The maximum absolute atomic E-state index is 5.42. The van der Waals surface area contributed by atoms with E-state index in [4.69, 9.17) is 14.2 Å². The highest BCUT2D eigenvalue weighted by molar-refractivity contribution is 5.67. The number of ether oxygens (including phenoxy) is 3. The van der Waals surface area contributed by atoms with Crippen LogP contribution < -0.4 is 24.8 Å². The fourth-order valence-corrected chi connectivity index (χ4v) is 2.85. The molecule has 3 aromatic rings. The molecule has 1 aromatic heterocycles. The third-order valence-electron chi connectivity index (χ3n) is 4.10. The Balaban J connectivity index is 1.59. The lowest BCUT2D eigenvalue weighted by Crippen LogP contribution is -2.03. The lowest BCUT2D eigenvalue weighted by Gasteiger charge is -2.13. The van der Waals surface area contributed by atoms with Gasteiger partial charge in [-0.3, -0.25) is 0 Å². The van der Waals surface area contributed by atoms with Crippen LogP contribution in [0.15, 0.2) is 42.5 Å². The minimum Gasteiger partial charge on any atom is -0.495 e. The van der Waals surface area contributed by atoms with Crippen LogP contribution in [0.25, 0.3) is 0 Å². The lowest BCUT2D eigenvalue weighted by atomic mass is 10.2. The second-order valence-electron chi connectivity index (χ2n) is 6.24. The minimum absolute atomic E-state index is 0.242. The molecule has 7 heteroatoms. The maximum atomic E-state index is 5.42. The number of hydrogen-bond donors (Lipinski definition) is 2. The average Bonchev–Trinajstić information content (AvgIpc) is 3.09. The van der Waals surface area contributed by atoms with Crippen molar-refractivity contribution in [3.8, 4) is 17.2 Å². The standard InChI is InChI=1S/C20H20N4O3/c1-12-4-6-16(25-3)15(8-12)23-19-9-13(2)21-20(24-19)22-14-5-7-17-18(10-14)27-11-26-17/h4-10H,11H2,1-3H3,(H2,21,22,23,24). The summed E-state index contributed by atoms with van der Waals surface area (Å²) in [6.07, 6.45) is 0. The summed E-state index contributed by atoms with van der Waals surface area (Å²) in [6.45, 7) is 4.19. The van der Waals surface area contributed by atoms with Crippen LogP contribution in [0, 0.1) is 13.8 Å². The Morgan fingerprint density at radius 2 is 1.78 bits per heavy atom. The second kappa shape index (κ2) is 7.03. The molecule has 0 aliphatic carbocycles.